The van der Waals surface area contributed by atoms with Crippen molar-refractivity contribution in [3.8, 4) is 0 Å². The zero-order valence-corrected chi connectivity index (χ0v) is 12.5. The van der Waals surface area contributed by atoms with E-state index in [9.17, 15) is 4.79 Å². The predicted molar refractivity (Wildman–Crippen MR) is 86.3 cm³/mol. The molecule has 0 aliphatic carbocycles. The van der Waals surface area contributed by atoms with E-state index in [1.54, 1.807) is 30.5 Å². The molecular formula is C17H20N4O. The molecule has 1 aliphatic rings. The normalized spacial score (nSPS) is 15.7. The van der Waals surface area contributed by atoms with Crippen LogP contribution < -0.4 is 5.73 Å². The Kier molecular flexibility index (Phi) is 4.34. The highest BCUT2D eigenvalue weighted by molar-refractivity contribution is 5.94. The van der Waals surface area contributed by atoms with E-state index in [0.717, 1.165) is 32.7 Å². The quantitative estimate of drug-likeness (QED) is 0.874. The minimum atomic E-state index is 0.0843. The highest BCUT2D eigenvalue weighted by Gasteiger charge is 2.22. The van der Waals surface area contributed by atoms with E-state index >= 15 is 0 Å². The first kappa shape index (κ1) is 14.5. The van der Waals surface area contributed by atoms with Gasteiger partial charge in [-0.25, -0.2) is 0 Å². The maximum Gasteiger partial charge on any atom is 0.253 e. The fraction of sp³-hybridized carbons (Fsp3) is 0.294. The van der Waals surface area contributed by atoms with Crippen LogP contribution in [0.1, 0.15) is 15.9 Å². The number of pyridine rings is 1. The first-order valence-corrected chi connectivity index (χ1v) is 7.48. The van der Waals surface area contributed by atoms with Gasteiger partial charge in [0.05, 0.1) is 0 Å². The van der Waals surface area contributed by atoms with E-state index in [1.165, 1.54) is 5.56 Å². The molecule has 0 atom stereocenters. The minimum Gasteiger partial charge on any atom is -0.399 e. The van der Waals surface area contributed by atoms with Crippen LogP contribution >= 0.6 is 0 Å². The molecule has 1 aromatic carbocycles. The van der Waals surface area contributed by atoms with E-state index in [4.69, 9.17) is 5.73 Å². The van der Waals surface area contributed by atoms with Crippen molar-refractivity contribution >= 4 is 11.6 Å². The van der Waals surface area contributed by atoms with Crippen molar-refractivity contribution in [3.05, 3.63) is 59.9 Å². The predicted octanol–water partition coefficient (Wildman–Crippen LogP) is 1.62. The summed E-state index contributed by atoms with van der Waals surface area (Å²) in [6, 6.07) is 11.2. The Bertz CT molecular complexity index is 619. The Balaban J connectivity index is 1.55. The van der Waals surface area contributed by atoms with Gasteiger partial charge in [0.15, 0.2) is 0 Å². The lowest BCUT2D eigenvalue weighted by atomic mass is 10.1. The molecule has 1 aliphatic heterocycles. The average molecular weight is 296 g/mol. The molecule has 2 N–H and O–H groups in total. The second kappa shape index (κ2) is 6.58. The minimum absolute atomic E-state index is 0.0843. The number of aromatic nitrogens is 1. The average Bonchev–Trinajstić information content (AvgIpc) is 2.57. The molecule has 0 spiro atoms. The van der Waals surface area contributed by atoms with Crippen molar-refractivity contribution in [2.24, 2.45) is 0 Å². The van der Waals surface area contributed by atoms with Gasteiger partial charge in [0, 0.05) is 56.4 Å². The molecule has 1 amide bonds. The van der Waals surface area contributed by atoms with Crippen molar-refractivity contribution in [2.75, 3.05) is 31.9 Å². The van der Waals surface area contributed by atoms with Crippen LogP contribution in [-0.4, -0.2) is 46.9 Å². The topological polar surface area (TPSA) is 62.5 Å². The zero-order valence-electron chi connectivity index (χ0n) is 12.5. The van der Waals surface area contributed by atoms with E-state index in [-0.39, 0.29) is 5.91 Å². The number of benzene rings is 1. The fourth-order valence-electron chi connectivity index (χ4n) is 2.67. The molecule has 1 fully saturated rings. The standard InChI is InChI=1S/C17H20N4O/c18-16-5-3-15(4-6-16)17(22)21-10-8-20(9-11-21)13-14-2-1-7-19-12-14/h1-7,12H,8-11,13,18H2. The van der Waals surface area contributed by atoms with E-state index in [2.05, 4.69) is 16.0 Å². The molecule has 0 saturated carbocycles. The number of hydrogen-bond acceptors (Lipinski definition) is 4. The third-order valence-corrected chi connectivity index (χ3v) is 3.95. The number of anilines is 1. The highest BCUT2D eigenvalue weighted by atomic mass is 16.2. The van der Waals surface area contributed by atoms with Gasteiger partial charge in [0.1, 0.15) is 0 Å². The van der Waals surface area contributed by atoms with E-state index in [1.807, 2.05) is 17.2 Å². The van der Waals surface area contributed by atoms with Crippen LogP contribution in [0.15, 0.2) is 48.8 Å². The first-order valence-electron chi connectivity index (χ1n) is 7.48. The van der Waals surface area contributed by atoms with Crippen LogP contribution in [0.4, 0.5) is 5.69 Å². The summed E-state index contributed by atoms with van der Waals surface area (Å²) in [5, 5.41) is 0. The van der Waals surface area contributed by atoms with Gasteiger partial charge >= 0.3 is 0 Å². The molecule has 114 valence electrons. The summed E-state index contributed by atoms with van der Waals surface area (Å²) < 4.78 is 0. The summed E-state index contributed by atoms with van der Waals surface area (Å²) in [6.45, 7) is 4.16. The monoisotopic (exact) mass is 296 g/mol. The van der Waals surface area contributed by atoms with Gasteiger partial charge < -0.3 is 10.6 Å². The van der Waals surface area contributed by atoms with Crippen molar-refractivity contribution in [2.45, 2.75) is 6.54 Å². The third kappa shape index (κ3) is 3.43. The highest BCUT2D eigenvalue weighted by Crippen LogP contribution is 2.12. The summed E-state index contributed by atoms with van der Waals surface area (Å²) in [4.78, 5) is 20.8. The third-order valence-electron chi connectivity index (χ3n) is 3.95. The van der Waals surface area contributed by atoms with E-state index in [0.29, 0.717) is 11.3 Å². The SMILES string of the molecule is Nc1ccc(C(=O)N2CCN(Cc3cccnc3)CC2)cc1. The van der Waals surface area contributed by atoms with Gasteiger partial charge in [-0.1, -0.05) is 6.07 Å². The van der Waals surface area contributed by atoms with Crippen molar-refractivity contribution in [3.63, 3.8) is 0 Å². The number of rotatable bonds is 3. The fourth-order valence-corrected chi connectivity index (χ4v) is 2.67. The summed E-state index contributed by atoms with van der Waals surface area (Å²) in [5.74, 6) is 0.0843. The molecule has 0 unspecified atom stereocenters. The molecule has 1 saturated heterocycles. The molecule has 0 radical (unpaired) electrons. The van der Waals surface area contributed by atoms with Gasteiger partial charge in [0.2, 0.25) is 0 Å². The Morgan fingerprint density at radius 3 is 2.45 bits per heavy atom. The maximum absolute atomic E-state index is 12.4. The second-order valence-corrected chi connectivity index (χ2v) is 5.55. The molecule has 2 heterocycles. The van der Waals surface area contributed by atoms with Crippen LogP contribution in [0.2, 0.25) is 0 Å². The number of nitrogens with two attached hydrogens (primary N) is 1. The Morgan fingerprint density at radius 2 is 1.82 bits per heavy atom. The van der Waals surface area contributed by atoms with Crippen LogP contribution in [0.3, 0.4) is 0 Å². The number of nitrogen functional groups attached to an aromatic ring is 1. The maximum atomic E-state index is 12.4. The molecule has 22 heavy (non-hydrogen) atoms. The molecule has 0 bridgehead atoms. The van der Waals surface area contributed by atoms with E-state index < -0.39 is 0 Å². The van der Waals surface area contributed by atoms with Gasteiger partial charge in [0.25, 0.3) is 5.91 Å². The van der Waals surface area contributed by atoms with Crippen LogP contribution in [-0.2, 0) is 6.54 Å². The lowest BCUT2D eigenvalue weighted by molar-refractivity contribution is 0.0628. The smallest absolute Gasteiger partial charge is 0.253 e. The Labute approximate surface area is 130 Å². The first-order chi connectivity index (χ1) is 10.7. The van der Waals surface area contributed by atoms with Crippen molar-refractivity contribution in [1.29, 1.82) is 0 Å². The second-order valence-electron chi connectivity index (χ2n) is 5.55. The van der Waals surface area contributed by atoms with Gasteiger partial charge in [-0.05, 0) is 35.9 Å². The lowest BCUT2D eigenvalue weighted by Crippen LogP contribution is -2.48. The Hall–Kier alpha value is -2.40. The summed E-state index contributed by atoms with van der Waals surface area (Å²) in [6.07, 6.45) is 3.68. The Morgan fingerprint density at radius 1 is 1.09 bits per heavy atom. The molecule has 1 aromatic heterocycles. The zero-order chi connectivity index (χ0) is 15.4. The van der Waals surface area contributed by atoms with Gasteiger partial charge in [-0.3, -0.25) is 14.7 Å². The number of carbonyl (C=O) groups excluding carboxylic acids is 1. The summed E-state index contributed by atoms with van der Waals surface area (Å²) >= 11 is 0. The number of nitrogens with zero attached hydrogens (tertiary/aromatic N) is 3. The number of amides is 1. The van der Waals surface area contributed by atoms with Crippen molar-refractivity contribution in [1.82, 2.24) is 14.8 Å². The molecule has 5 nitrogen and oxygen atoms in total. The lowest BCUT2D eigenvalue weighted by Gasteiger charge is -2.34. The number of carbonyl (C=O) groups is 1. The van der Waals surface area contributed by atoms with Crippen LogP contribution in [0.25, 0.3) is 0 Å². The largest absolute Gasteiger partial charge is 0.399 e. The molecular weight excluding hydrogens is 276 g/mol. The van der Waals surface area contributed by atoms with Crippen LogP contribution in [0.5, 0.6) is 0 Å². The summed E-state index contributed by atoms with van der Waals surface area (Å²) in [5.41, 5.74) is 8.25. The van der Waals surface area contributed by atoms with Gasteiger partial charge in [-0.15, -0.1) is 0 Å². The number of piperazine rings is 1. The van der Waals surface area contributed by atoms with Crippen molar-refractivity contribution < 1.29 is 4.79 Å². The summed E-state index contributed by atoms with van der Waals surface area (Å²) in [7, 11) is 0. The number of hydrogen-bond donors (Lipinski definition) is 1. The molecule has 2 aromatic rings. The molecule has 5 heteroatoms. The molecule has 3 rings (SSSR count). The van der Waals surface area contributed by atoms with Gasteiger partial charge in [-0.2, -0.15) is 0 Å². The van der Waals surface area contributed by atoms with Crippen LogP contribution in [0, 0.1) is 0 Å².